The number of aromatic carboxylic acids is 1. The molecule has 2 aromatic rings. The molecule has 0 saturated heterocycles. The maximum atomic E-state index is 12.0. The molecule has 24 heavy (non-hydrogen) atoms. The van der Waals surface area contributed by atoms with E-state index >= 15 is 0 Å². The molecule has 0 aliphatic heterocycles. The first kappa shape index (κ1) is 17.6. The van der Waals surface area contributed by atoms with Crippen LogP contribution in [-0.2, 0) is 22.7 Å². The van der Waals surface area contributed by atoms with Crippen LogP contribution in [0.5, 0.6) is 0 Å². The summed E-state index contributed by atoms with van der Waals surface area (Å²) >= 11 is 0. The number of nitrogens with one attached hydrogen (secondary N) is 1. The van der Waals surface area contributed by atoms with E-state index in [9.17, 15) is 9.59 Å². The first-order valence-corrected chi connectivity index (χ1v) is 7.42. The van der Waals surface area contributed by atoms with Crippen molar-refractivity contribution in [2.24, 2.45) is 0 Å². The highest BCUT2D eigenvalue weighted by atomic mass is 16.5. The Balaban J connectivity index is 1.79. The zero-order valence-electron chi connectivity index (χ0n) is 13.6. The fourth-order valence-electron chi connectivity index (χ4n) is 2.07. The van der Waals surface area contributed by atoms with Gasteiger partial charge in [-0.2, -0.15) is 0 Å². The van der Waals surface area contributed by atoms with Crippen molar-refractivity contribution in [1.82, 2.24) is 20.3 Å². The summed E-state index contributed by atoms with van der Waals surface area (Å²) in [5.74, 6) is -1.48. The normalized spacial score (nSPS) is 11.2. The number of ether oxygens (including phenoxy) is 1. The summed E-state index contributed by atoms with van der Waals surface area (Å²) in [6.45, 7) is 4.39. The van der Waals surface area contributed by atoms with Gasteiger partial charge in [0.25, 0.3) is 0 Å². The molecule has 2 N–H and O–H groups in total. The third-order valence-electron chi connectivity index (χ3n) is 3.12. The van der Waals surface area contributed by atoms with Gasteiger partial charge in [-0.15, -0.1) is 5.10 Å². The fraction of sp³-hybridized carbons (Fsp3) is 0.375. The van der Waals surface area contributed by atoms with Crippen LogP contribution in [0.25, 0.3) is 0 Å². The van der Waals surface area contributed by atoms with Crippen LogP contribution >= 0.6 is 0 Å². The average Bonchev–Trinajstić information content (AvgIpc) is 2.96. The van der Waals surface area contributed by atoms with Crippen molar-refractivity contribution in [3.05, 3.63) is 47.8 Å². The number of carboxylic acids is 1. The summed E-state index contributed by atoms with van der Waals surface area (Å²) in [7, 11) is 0. The van der Waals surface area contributed by atoms with Gasteiger partial charge in [0.2, 0.25) is 5.91 Å². The Kier molecular flexibility index (Phi) is 5.64. The van der Waals surface area contributed by atoms with Gasteiger partial charge in [-0.3, -0.25) is 4.79 Å². The largest absolute Gasteiger partial charge is 0.476 e. The minimum absolute atomic E-state index is 0.109. The van der Waals surface area contributed by atoms with Crippen molar-refractivity contribution in [2.75, 3.05) is 6.61 Å². The maximum absolute atomic E-state index is 12.0. The zero-order chi connectivity index (χ0) is 17.6. The Bertz CT molecular complexity index is 697. The summed E-state index contributed by atoms with van der Waals surface area (Å²) in [4.78, 5) is 22.8. The van der Waals surface area contributed by atoms with Gasteiger partial charge in [0.1, 0.15) is 6.54 Å². The number of nitrogens with zero attached hydrogens (tertiary/aromatic N) is 3. The molecular weight excluding hydrogens is 312 g/mol. The monoisotopic (exact) mass is 332 g/mol. The summed E-state index contributed by atoms with van der Waals surface area (Å²) in [6, 6.07) is 9.75. The van der Waals surface area contributed by atoms with E-state index in [1.165, 1.54) is 10.9 Å². The molecule has 8 nitrogen and oxygen atoms in total. The van der Waals surface area contributed by atoms with Crippen LogP contribution in [0.15, 0.2) is 36.5 Å². The van der Waals surface area contributed by atoms with E-state index in [0.29, 0.717) is 13.2 Å². The van der Waals surface area contributed by atoms with E-state index in [4.69, 9.17) is 9.84 Å². The van der Waals surface area contributed by atoms with Crippen molar-refractivity contribution >= 4 is 11.9 Å². The predicted molar refractivity (Wildman–Crippen MR) is 85.3 cm³/mol. The number of carboxylic acid groups (broad SMARTS) is 1. The number of aromatic nitrogens is 3. The molecule has 0 atom stereocenters. The Labute approximate surface area is 139 Å². The van der Waals surface area contributed by atoms with E-state index in [0.717, 1.165) is 5.56 Å². The molecule has 0 radical (unpaired) electrons. The number of rotatable bonds is 8. The molecule has 0 aliphatic carbocycles. The van der Waals surface area contributed by atoms with Crippen LogP contribution in [0.4, 0.5) is 0 Å². The lowest BCUT2D eigenvalue weighted by atomic mass is 10.1. The Hall–Kier alpha value is -2.74. The molecule has 128 valence electrons. The van der Waals surface area contributed by atoms with Gasteiger partial charge in [0.05, 0.1) is 24.9 Å². The molecule has 0 saturated carbocycles. The van der Waals surface area contributed by atoms with Crippen molar-refractivity contribution in [1.29, 1.82) is 0 Å². The number of hydrogen-bond acceptors (Lipinski definition) is 5. The second-order valence-corrected chi connectivity index (χ2v) is 6.02. The lowest BCUT2D eigenvalue weighted by Gasteiger charge is -2.26. The highest BCUT2D eigenvalue weighted by Crippen LogP contribution is 2.07. The Morgan fingerprint density at radius 3 is 2.62 bits per heavy atom. The van der Waals surface area contributed by atoms with Crippen molar-refractivity contribution in [3.8, 4) is 0 Å². The first-order chi connectivity index (χ1) is 11.4. The Morgan fingerprint density at radius 1 is 1.29 bits per heavy atom. The van der Waals surface area contributed by atoms with Gasteiger partial charge in [0, 0.05) is 0 Å². The highest BCUT2D eigenvalue weighted by Gasteiger charge is 2.21. The lowest BCUT2D eigenvalue weighted by molar-refractivity contribution is -0.124. The second kappa shape index (κ2) is 7.69. The van der Waals surface area contributed by atoms with Crippen LogP contribution in [-0.4, -0.2) is 44.1 Å². The van der Waals surface area contributed by atoms with Crippen molar-refractivity contribution < 1.29 is 19.4 Å². The SMILES string of the molecule is CC(C)(COCc1ccccc1)NC(=O)Cn1cc(C(=O)O)nn1. The molecule has 1 amide bonds. The Morgan fingerprint density at radius 2 is 2.00 bits per heavy atom. The standard InChI is InChI=1S/C16H20N4O4/c1-16(2,11-24-10-12-6-4-3-5-7-12)17-14(21)9-20-8-13(15(22)23)18-19-20/h3-8H,9-11H2,1-2H3,(H,17,21)(H,22,23). The van der Waals surface area contributed by atoms with Gasteiger partial charge in [0.15, 0.2) is 5.69 Å². The topological polar surface area (TPSA) is 106 Å². The van der Waals surface area contributed by atoms with E-state index < -0.39 is 11.5 Å². The summed E-state index contributed by atoms with van der Waals surface area (Å²) < 4.78 is 6.82. The number of hydrogen-bond donors (Lipinski definition) is 2. The summed E-state index contributed by atoms with van der Waals surface area (Å²) in [5, 5.41) is 18.7. The minimum atomic E-state index is -1.18. The van der Waals surface area contributed by atoms with Gasteiger partial charge in [-0.05, 0) is 19.4 Å². The maximum Gasteiger partial charge on any atom is 0.358 e. The molecule has 1 aromatic carbocycles. The van der Waals surface area contributed by atoms with E-state index in [-0.39, 0.29) is 18.1 Å². The van der Waals surface area contributed by atoms with Crippen LogP contribution in [0.1, 0.15) is 29.9 Å². The van der Waals surface area contributed by atoms with Crippen LogP contribution in [0.3, 0.4) is 0 Å². The highest BCUT2D eigenvalue weighted by molar-refractivity contribution is 5.84. The molecule has 0 unspecified atom stereocenters. The van der Waals surface area contributed by atoms with Gasteiger partial charge in [-0.25, -0.2) is 9.48 Å². The van der Waals surface area contributed by atoms with E-state index in [1.54, 1.807) is 0 Å². The van der Waals surface area contributed by atoms with E-state index in [2.05, 4.69) is 15.6 Å². The predicted octanol–water partition coefficient (Wildman–Crippen LogP) is 1.09. The number of carbonyl (C=O) groups is 2. The van der Waals surface area contributed by atoms with Gasteiger partial charge >= 0.3 is 5.97 Å². The van der Waals surface area contributed by atoms with Gasteiger partial charge < -0.3 is 15.2 Å². The number of carbonyl (C=O) groups excluding carboxylic acids is 1. The fourth-order valence-corrected chi connectivity index (χ4v) is 2.07. The summed E-state index contributed by atoms with van der Waals surface area (Å²) in [6.07, 6.45) is 1.21. The molecule has 0 aliphatic rings. The van der Waals surface area contributed by atoms with Crippen LogP contribution in [0.2, 0.25) is 0 Å². The van der Waals surface area contributed by atoms with Crippen molar-refractivity contribution in [2.45, 2.75) is 32.5 Å². The summed E-state index contributed by atoms with van der Waals surface area (Å²) in [5.41, 5.74) is 0.291. The number of benzene rings is 1. The third kappa shape index (κ3) is 5.47. The second-order valence-electron chi connectivity index (χ2n) is 6.02. The van der Waals surface area contributed by atoms with E-state index in [1.807, 2.05) is 44.2 Å². The molecule has 0 bridgehead atoms. The van der Waals surface area contributed by atoms with Crippen molar-refractivity contribution in [3.63, 3.8) is 0 Å². The zero-order valence-corrected chi connectivity index (χ0v) is 13.6. The molecule has 8 heteroatoms. The molecule has 0 fully saturated rings. The third-order valence-corrected chi connectivity index (χ3v) is 3.12. The lowest BCUT2D eigenvalue weighted by Crippen LogP contribution is -2.48. The number of amides is 1. The molecule has 0 spiro atoms. The van der Waals surface area contributed by atoms with Crippen LogP contribution < -0.4 is 5.32 Å². The smallest absolute Gasteiger partial charge is 0.358 e. The molecule has 1 heterocycles. The minimum Gasteiger partial charge on any atom is -0.476 e. The average molecular weight is 332 g/mol. The molecule has 2 rings (SSSR count). The first-order valence-electron chi connectivity index (χ1n) is 7.42. The molecule has 1 aromatic heterocycles. The van der Waals surface area contributed by atoms with Crippen LogP contribution in [0, 0.1) is 0 Å². The quantitative estimate of drug-likeness (QED) is 0.749. The molecular formula is C16H20N4O4. The van der Waals surface area contributed by atoms with Gasteiger partial charge in [-0.1, -0.05) is 35.5 Å².